The number of ketones is 2. The second kappa shape index (κ2) is 2.41. The molecule has 2 aliphatic rings. The monoisotopic (exact) mass is 166 g/mol. The van der Waals surface area contributed by atoms with Gasteiger partial charge in [-0.05, 0) is 31.6 Å². The highest BCUT2D eigenvalue weighted by Gasteiger charge is 2.56. The second-order valence-electron chi connectivity index (χ2n) is 4.27. The van der Waals surface area contributed by atoms with Crippen molar-refractivity contribution in [1.82, 2.24) is 0 Å². The fourth-order valence-corrected chi connectivity index (χ4v) is 2.50. The van der Waals surface area contributed by atoms with Crippen LogP contribution in [0.4, 0.5) is 0 Å². The molecule has 2 rings (SSSR count). The van der Waals surface area contributed by atoms with Gasteiger partial charge in [0.15, 0.2) is 0 Å². The molecule has 2 heteroatoms. The van der Waals surface area contributed by atoms with Crippen LogP contribution in [0.3, 0.4) is 0 Å². The molecule has 0 bridgehead atoms. The molecule has 0 aromatic rings. The summed E-state index contributed by atoms with van der Waals surface area (Å²) in [5.41, 5.74) is 0.278. The molecule has 66 valence electrons. The van der Waals surface area contributed by atoms with Crippen LogP contribution in [0, 0.1) is 11.3 Å². The molecule has 0 amide bonds. The van der Waals surface area contributed by atoms with Gasteiger partial charge in [0.2, 0.25) is 0 Å². The van der Waals surface area contributed by atoms with Crippen molar-refractivity contribution >= 4 is 11.6 Å². The Kier molecular flexibility index (Phi) is 1.60. The highest BCUT2D eigenvalue weighted by molar-refractivity contribution is 5.84. The summed E-state index contributed by atoms with van der Waals surface area (Å²) in [6, 6.07) is 0. The minimum Gasteiger partial charge on any atom is -0.300 e. The minimum atomic E-state index is 0.278. The molecule has 0 N–H and O–H groups in total. The summed E-state index contributed by atoms with van der Waals surface area (Å²) >= 11 is 0. The van der Waals surface area contributed by atoms with Gasteiger partial charge in [-0.3, -0.25) is 9.59 Å². The molecule has 0 saturated heterocycles. The lowest BCUT2D eigenvalue weighted by Crippen LogP contribution is -2.18. The first kappa shape index (κ1) is 7.96. The third-order valence-corrected chi connectivity index (χ3v) is 3.48. The number of hydrogen-bond donors (Lipinski definition) is 0. The van der Waals surface area contributed by atoms with E-state index in [0.29, 0.717) is 30.3 Å². The molecule has 0 aromatic heterocycles. The first-order valence-corrected chi connectivity index (χ1v) is 4.66. The van der Waals surface area contributed by atoms with E-state index in [2.05, 4.69) is 0 Å². The predicted molar refractivity (Wildman–Crippen MR) is 44.7 cm³/mol. The Hall–Kier alpha value is -0.660. The van der Waals surface area contributed by atoms with Gasteiger partial charge in [0, 0.05) is 18.8 Å². The number of carbonyl (C=O) groups excluding carboxylic acids is 2. The molecular formula is C10H14O2. The standard InChI is InChI=1S/C10H14O2/c1-7(11)9-6-10(9)4-2-8(12)3-5-10/h9H,2-6H2,1H3. The molecule has 1 atom stereocenters. The van der Waals surface area contributed by atoms with E-state index in [0.717, 1.165) is 19.3 Å². The van der Waals surface area contributed by atoms with Crippen LogP contribution in [0.1, 0.15) is 39.0 Å². The van der Waals surface area contributed by atoms with E-state index in [1.807, 2.05) is 0 Å². The molecule has 2 fully saturated rings. The Morgan fingerprint density at radius 2 is 2.00 bits per heavy atom. The van der Waals surface area contributed by atoms with Gasteiger partial charge in [-0.25, -0.2) is 0 Å². The normalized spacial score (nSPS) is 32.1. The van der Waals surface area contributed by atoms with Crippen molar-refractivity contribution in [2.45, 2.75) is 39.0 Å². The molecule has 0 aromatic carbocycles. The maximum atomic E-state index is 11.1. The topological polar surface area (TPSA) is 34.1 Å². The average molecular weight is 166 g/mol. The number of Topliss-reactive ketones (excluding diaryl/α,β-unsaturated/α-hetero) is 2. The molecule has 1 spiro atoms. The van der Waals surface area contributed by atoms with Crippen LogP contribution in [-0.2, 0) is 9.59 Å². The van der Waals surface area contributed by atoms with Gasteiger partial charge in [0.1, 0.15) is 11.6 Å². The molecule has 2 aliphatic carbocycles. The Balaban J connectivity index is 1.99. The van der Waals surface area contributed by atoms with E-state index in [-0.39, 0.29) is 5.41 Å². The quantitative estimate of drug-likeness (QED) is 0.594. The third kappa shape index (κ3) is 1.10. The van der Waals surface area contributed by atoms with E-state index in [4.69, 9.17) is 0 Å². The predicted octanol–water partition coefficient (Wildman–Crippen LogP) is 1.72. The number of hydrogen-bond acceptors (Lipinski definition) is 2. The van der Waals surface area contributed by atoms with Crippen LogP contribution in [0.25, 0.3) is 0 Å². The number of rotatable bonds is 1. The van der Waals surface area contributed by atoms with Crippen molar-refractivity contribution in [3.8, 4) is 0 Å². The van der Waals surface area contributed by atoms with E-state index in [9.17, 15) is 9.59 Å². The van der Waals surface area contributed by atoms with Gasteiger partial charge in [-0.2, -0.15) is 0 Å². The summed E-state index contributed by atoms with van der Waals surface area (Å²) in [6.45, 7) is 1.68. The van der Waals surface area contributed by atoms with Gasteiger partial charge in [0.25, 0.3) is 0 Å². The van der Waals surface area contributed by atoms with Crippen molar-refractivity contribution in [1.29, 1.82) is 0 Å². The Morgan fingerprint density at radius 1 is 1.42 bits per heavy atom. The van der Waals surface area contributed by atoms with Crippen molar-refractivity contribution < 1.29 is 9.59 Å². The summed E-state index contributed by atoms with van der Waals surface area (Å²) in [7, 11) is 0. The van der Waals surface area contributed by atoms with Crippen molar-refractivity contribution in [3.05, 3.63) is 0 Å². The van der Waals surface area contributed by atoms with E-state index in [1.54, 1.807) is 6.92 Å². The van der Waals surface area contributed by atoms with Crippen LogP contribution < -0.4 is 0 Å². The SMILES string of the molecule is CC(=O)C1CC12CCC(=O)CC2. The largest absolute Gasteiger partial charge is 0.300 e. The Morgan fingerprint density at radius 3 is 2.42 bits per heavy atom. The highest BCUT2D eigenvalue weighted by Crippen LogP contribution is 2.61. The maximum absolute atomic E-state index is 11.1. The van der Waals surface area contributed by atoms with Gasteiger partial charge in [0.05, 0.1) is 0 Å². The van der Waals surface area contributed by atoms with E-state index < -0.39 is 0 Å². The molecule has 12 heavy (non-hydrogen) atoms. The Labute approximate surface area is 72.3 Å². The molecule has 0 heterocycles. The molecular weight excluding hydrogens is 152 g/mol. The minimum absolute atomic E-state index is 0.278. The van der Waals surface area contributed by atoms with Gasteiger partial charge >= 0.3 is 0 Å². The molecule has 1 unspecified atom stereocenters. The van der Waals surface area contributed by atoms with Crippen LogP contribution in [-0.4, -0.2) is 11.6 Å². The van der Waals surface area contributed by atoms with Crippen LogP contribution in [0.5, 0.6) is 0 Å². The summed E-state index contributed by atoms with van der Waals surface area (Å²) in [6.07, 6.45) is 4.41. The first-order valence-electron chi connectivity index (χ1n) is 4.66. The summed E-state index contributed by atoms with van der Waals surface area (Å²) in [5.74, 6) is 1.00. The lowest BCUT2D eigenvalue weighted by molar-refractivity contribution is -0.123. The lowest BCUT2D eigenvalue weighted by atomic mass is 9.83. The second-order valence-corrected chi connectivity index (χ2v) is 4.27. The van der Waals surface area contributed by atoms with Gasteiger partial charge < -0.3 is 0 Å². The summed E-state index contributed by atoms with van der Waals surface area (Å²) < 4.78 is 0. The number of carbonyl (C=O) groups is 2. The fourth-order valence-electron chi connectivity index (χ4n) is 2.50. The van der Waals surface area contributed by atoms with E-state index in [1.165, 1.54) is 0 Å². The fraction of sp³-hybridized carbons (Fsp3) is 0.800. The maximum Gasteiger partial charge on any atom is 0.133 e. The zero-order valence-corrected chi connectivity index (χ0v) is 7.43. The molecule has 2 saturated carbocycles. The molecule has 0 radical (unpaired) electrons. The van der Waals surface area contributed by atoms with Crippen LogP contribution in [0.15, 0.2) is 0 Å². The Bertz CT molecular complexity index is 232. The lowest BCUT2D eigenvalue weighted by Gasteiger charge is -2.20. The highest BCUT2D eigenvalue weighted by atomic mass is 16.1. The van der Waals surface area contributed by atoms with Crippen LogP contribution in [0.2, 0.25) is 0 Å². The van der Waals surface area contributed by atoms with Crippen LogP contribution >= 0.6 is 0 Å². The van der Waals surface area contributed by atoms with Gasteiger partial charge in [-0.1, -0.05) is 0 Å². The summed E-state index contributed by atoms with van der Waals surface area (Å²) in [5, 5.41) is 0. The molecule has 0 aliphatic heterocycles. The van der Waals surface area contributed by atoms with Crippen molar-refractivity contribution in [2.24, 2.45) is 11.3 Å². The third-order valence-electron chi connectivity index (χ3n) is 3.48. The average Bonchev–Trinajstić information content (AvgIpc) is 2.72. The first-order chi connectivity index (χ1) is 5.64. The van der Waals surface area contributed by atoms with E-state index >= 15 is 0 Å². The zero-order chi connectivity index (χ0) is 8.77. The zero-order valence-electron chi connectivity index (χ0n) is 7.43. The summed E-state index contributed by atoms with van der Waals surface area (Å²) in [4.78, 5) is 22.0. The molecule has 2 nitrogen and oxygen atoms in total. The smallest absolute Gasteiger partial charge is 0.133 e. The van der Waals surface area contributed by atoms with Gasteiger partial charge in [-0.15, -0.1) is 0 Å². The van der Waals surface area contributed by atoms with Crippen molar-refractivity contribution in [3.63, 3.8) is 0 Å². The van der Waals surface area contributed by atoms with Crippen molar-refractivity contribution in [2.75, 3.05) is 0 Å².